The highest BCUT2D eigenvalue weighted by molar-refractivity contribution is 5.92. The van der Waals surface area contributed by atoms with E-state index in [0.29, 0.717) is 12.2 Å². The van der Waals surface area contributed by atoms with Crippen LogP contribution in [0.2, 0.25) is 0 Å². The molecule has 0 saturated carbocycles. The van der Waals surface area contributed by atoms with E-state index in [1.807, 2.05) is 0 Å². The summed E-state index contributed by atoms with van der Waals surface area (Å²) in [7, 11) is 4.14. The van der Waals surface area contributed by atoms with Gasteiger partial charge in [0.2, 0.25) is 0 Å². The maximum atomic E-state index is 12.1. The first-order valence-corrected chi connectivity index (χ1v) is 8.34. The molecule has 0 spiro atoms. The number of halogens is 3. The van der Waals surface area contributed by atoms with Gasteiger partial charge in [0.25, 0.3) is 0 Å². The Morgan fingerprint density at radius 3 is 2.28 bits per heavy atom. The van der Waals surface area contributed by atoms with E-state index in [9.17, 15) is 13.2 Å². The van der Waals surface area contributed by atoms with Gasteiger partial charge in [-0.1, -0.05) is 19.3 Å². The predicted octanol–water partition coefficient (Wildman–Crippen LogP) is 3.82. The maximum Gasteiger partial charge on any atom is 0.573 e. The zero-order valence-corrected chi connectivity index (χ0v) is 14.8. The molecule has 0 aliphatic carbocycles. The van der Waals surface area contributed by atoms with Gasteiger partial charge in [0.1, 0.15) is 5.75 Å². The largest absolute Gasteiger partial charge is 0.573 e. The molecular weight excluding hydrogens is 333 g/mol. The minimum absolute atomic E-state index is 0.247. The molecule has 0 unspecified atom stereocenters. The summed E-state index contributed by atoms with van der Waals surface area (Å²) in [6, 6.07) is 5.34. The second-order valence-electron chi connectivity index (χ2n) is 6.04. The van der Waals surface area contributed by atoms with Crippen LogP contribution in [0.25, 0.3) is 0 Å². The van der Waals surface area contributed by atoms with Gasteiger partial charge in [-0.3, -0.25) is 4.99 Å². The van der Waals surface area contributed by atoms with Gasteiger partial charge in [0, 0.05) is 12.2 Å². The molecule has 0 heterocycles. The summed E-state index contributed by atoms with van der Waals surface area (Å²) in [5, 5.41) is 2.84. The van der Waals surface area contributed by atoms with E-state index in [2.05, 4.69) is 34.0 Å². The number of aliphatic imine (C=N–C) groups is 1. The molecule has 0 atom stereocenters. The normalized spacial score (nSPS) is 12.5. The van der Waals surface area contributed by atoms with E-state index in [1.165, 1.54) is 43.5 Å². The number of alkyl halides is 3. The fraction of sp³-hybridized carbons (Fsp3) is 0.588. The molecule has 5 nitrogen and oxygen atoms in total. The number of nitrogens with one attached hydrogen (secondary N) is 1. The number of benzene rings is 1. The number of nitrogens with two attached hydrogens (primary N) is 1. The van der Waals surface area contributed by atoms with Crippen molar-refractivity contribution in [2.24, 2.45) is 10.7 Å². The number of hydrogen-bond acceptors (Lipinski definition) is 3. The average Bonchev–Trinajstić information content (AvgIpc) is 2.50. The van der Waals surface area contributed by atoms with Gasteiger partial charge in [-0.2, -0.15) is 0 Å². The Kier molecular flexibility index (Phi) is 9.12. The molecule has 0 saturated heterocycles. The van der Waals surface area contributed by atoms with Crippen molar-refractivity contribution in [3.8, 4) is 5.75 Å². The number of ether oxygens (including phenoxy) is 1. The van der Waals surface area contributed by atoms with Crippen LogP contribution in [0.15, 0.2) is 29.3 Å². The molecule has 25 heavy (non-hydrogen) atoms. The number of guanidine groups is 1. The smallest absolute Gasteiger partial charge is 0.406 e. The minimum atomic E-state index is -4.69. The number of nitrogens with zero attached hydrogens (tertiary/aromatic N) is 2. The lowest BCUT2D eigenvalue weighted by molar-refractivity contribution is -0.274. The summed E-state index contributed by atoms with van der Waals surface area (Å²) >= 11 is 0. The molecule has 0 radical (unpaired) electrons. The standard InChI is InChI=1S/C17H27F3N4O/c1-24(2)13-7-5-3-4-6-12-22-16(21)23-14-8-10-15(11-9-14)25-17(18,19)20/h8-11H,3-7,12-13H2,1-2H3,(H3,21,22,23). The Balaban J connectivity index is 2.22. The summed E-state index contributed by atoms with van der Waals surface area (Å²) in [5.41, 5.74) is 6.32. The average molecular weight is 360 g/mol. The number of anilines is 1. The summed E-state index contributed by atoms with van der Waals surface area (Å²) in [5.74, 6) is -0.0278. The first-order valence-electron chi connectivity index (χ1n) is 8.34. The molecule has 0 bridgehead atoms. The molecule has 0 fully saturated rings. The Hall–Kier alpha value is -1.96. The van der Waals surface area contributed by atoms with Crippen molar-refractivity contribution in [1.82, 2.24) is 4.90 Å². The first-order chi connectivity index (χ1) is 11.8. The van der Waals surface area contributed by atoms with Crippen LogP contribution in [-0.2, 0) is 0 Å². The highest BCUT2D eigenvalue weighted by atomic mass is 19.4. The SMILES string of the molecule is CN(C)CCCCCCCN=C(N)Nc1ccc(OC(F)(F)F)cc1. The van der Waals surface area contributed by atoms with Crippen molar-refractivity contribution in [2.45, 2.75) is 38.5 Å². The van der Waals surface area contributed by atoms with Crippen LogP contribution in [0.5, 0.6) is 5.75 Å². The van der Waals surface area contributed by atoms with Crippen molar-refractivity contribution < 1.29 is 17.9 Å². The van der Waals surface area contributed by atoms with Gasteiger partial charge in [-0.25, -0.2) is 0 Å². The Bertz CT molecular complexity index is 516. The van der Waals surface area contributed by atoms with Crippen LogP contribution < -0.4 is 15.8 Å². The van der Waals surface area contributed by atoms with Gasteiger partial charge in [-0.15, -0.1) is 13.2 Å². The fourth-order valence-electron chi connectivity index (χ4n) is 2.20. The lowest BCUT2D eigenvalue weighted by Crippen LogP contribution is -2.23. The lowest BCUT2D eigenvalue weighted by atomic mass is 10.1. The van der Waals surface area contributed by atoms with Gasteiger partial charge in [0.05, 0.1) is 0 Å². The van der Waals surface area contributed by atoms with Gasteiger partial charge < -0.3 is 20.7 Å². The molecule has 0 amide bonds. The summed E-state index contributed by atoms with van der Waals surface area (Å²) in [6.07, 6.45) is 0.964. The first kappa shape index (κ1) is 21.1. The van der Waals surface area contributed by atoms with Gasteiger partial charge in [-0.05, 0) is 57.7 Å². The molecule has 1 aromatic rings. The quantitative estimate of drug-likeness (QED) is 0.378. The third-order valence-corrected chi connectivity index (χ3v) is 3.41. The van der Waals surface area contributed by atoms with Crippen LogP contribution in [0.1, 0.15) is 32.1 Å². The topological polar surface area (TPSA) is 62.9 Å². The van der Waals surface area contributed by atoms with E-state index in [4.69, 9.17) is 5.73 Å². The van der Waals surface area contributed by atoms with E-state index in [0.717, 1.165) is 19.4 Å². The third kappa shape index (κ3) is 11.3. The summed E-state index contributed by atoms with van der Waals surface area (Å²) in [4.78, 5) is 6.39. The Morgan fingerprint density at radius 2 is 1.68 bits per heavy atom. The third-order valence-electron chi connectivity index (χ3n) is 3.41. The summed E-state index contributed by atoms with van der Waals surface area (Å²) in [6.45, 7) is 1.74. The monoisotopic (exact) mass is 360 g/mol. The number of hydrogen-bond donors (Lipinski definition) is 2. The van der Waals surface area contributed by atoms with Crippen LogP contribution in [0.3, 0.4) is 0 Å². The molecule has 3 N–H and O–H groups in total. The Labute approximate surface area is 147 Å². The highest BCUT2D eigenvalue weighted by Gasteiger charge is 2.30. The van der Waals surface area contributed by atoms with Crippen molar-refractivity contribution in [2.75, 3.05) is 32.5 Å². The van der Waals surface area contributed by atoms with Crippen LogP contribution in [0.4, 0.5) is 18.9 Å². The minimum Gasteiger partial charge on any atom is -0.406 e. The van der Waals surface area contributed by atoms with Crippen LogP contribution in [-0.4, -0.2) is 44.4 Å². The summed E-state index contributed by atoms with van der Waals surface area (Å²) < 4.78 is 40.0. The van der Waals surface area contributed by atoms with Crippen molar-refractivity contribution in [3.63, 3.8) is 0 Å². The molecule has 8 heteroatoms. The zero-order valence-electron chi connectivity index (χ0n) is 14.8. The maximum absolute atomic E-state index is 12.1. The highest BCUT2D eigenvalue weighted by Crippen LogP contribution is 2.23. The zero-order chi connectivity index (χ0) is 18.7. The second-order valence-corrected chi connectivity index (χ2v) is 6.04. The molecule has 0 aromatic heterocycles. The molecule has 1 rings (SSSR count). The molecule has 0 aliphatic rings. The number of rotatable bonds is 10. The van der Waals surface area contributed by atoms with E-state index < -0.39 is 6.36 Å². The molecule has 142 valence electrons. The van der Waals surface area contributed by atoms with Crippen molar-refractivity contribution >= 4 is 11.6 Å². The fourth-order valence-corrected chi connectivity index (χ4v) is 2.20. The Morgan fingerprint density at radius 1 is 1.08 bits per heavy atom. The number of unbranched alkanes of at least 4 members (excludes halogenated alkanes) is 4. The molecule has 0 aliphatic heterocycles. The molecular formula is C17H27F3N4O. The molecule has 1 aromatic carbocycles. The van der Waals surface area contributed by atoms with Crippen molar-refractivity contribution in [3.05, 3.63) is 24.3 Å². The van der Waals surface area contributed by atoms with Gasteiger partial charge in [0.15, 0.2) is 5.96 Å². The second kappa shape index (κ2) is 10.8. The predicted molar refractivity (Wildman–Crippen MR) is 94.9 cm³/mol. The lowest BCUT2D eigenvalue weighted by Gasteiger charge is -2.10. The van der Waals surface area contributed by atoms with E-state index in [1.54, 1.807) is 0 Å². The van der Waals surface area contributed by atoms with Crippen molar-refractivity contribution in [1.29, 1.82) is 0 Å². The van der Waals surface area contributed by atoms with Gasteiger partial charge >= 0.3 is 6.36 Å². The van der Waals surface area contributed by atoms with E-state index >= 15 is 0 Å². The van der Waals surface area contributed by atoms with Crippen LogP contribution in [0, 0.1) is 0 Å². The van der Waals surface area contributed by atoms with Crippen LogP contribution >= 0.6 is 0 Å². The van der Waals surface area contributed by atoms with E-state index in [-0.39, 0.29) is 11.7 Å².